The first-order valence-corrected chi connectivity index (χ1v) is 6.46. The van der Waals surface area contributed by atoms with Crippen LogP contribution in [-0.2, 0) is 5.41 Å². The van der Waals surface area contributed by atoms with Crippen LogP contribution >= 0.6 is 0 Å². The molecule has 0 spiro atoms. The van der Waals surface area contributed by atoms with Gasteiger partial charge in [-0.3, -0.25) is 0 Å². The molecular formula is C15H23N. The molecule has 1 aliphatic carbocycles. The minimum absolute atomic E-state index is 0.373. The summed E-state index contributed by atoms with van der Waals surface area (Å²) in [7, 11) is 0. The minimum atomic E-state index is 0.373. The van der Waals surface area contributed by atoms with E-state index in [4.69, 9.17) is 5.73 Å². The van der Waals surface area contributed by atoms with Crippen LogP contribution in [0.25, 0.3) is 0 Å². The van der Waals surface area contributed by atoms with E-state index in [-0.39, 0.29) is 0 Å². The summed E-state index contributed by atoms with van der Waals surface area (Å²) < 4.78 is 0. The van der Waals surface area contributed by atoms with Crippen molar-refractivity contribution >= 4 is 5.69 Å². The molecule has 2 unspecified atom stereocenters. The second kappa shape index (κ2) is 4.48. The third-order valence-electron chi connectivity index (χ3n) is 4.22. The molecule has 1 fully saturated rings. The minimum Gasteiger partial charge on any atom is -0.399 e. The second-order valence-corrected chi connectivity index (χ2v) is 5.72. The molecule has 1 heteroatoms. The molecule has 1 aliphatic rings. The number of benzene rings is 1. The first-order chi connectivity index (χ1) is 7.60. The fraction of sp³-hybridized carbons (Fsp3) is 0.600. The van der Waals surface area contributed by atoms with E-state index in [2.05, 4.69) is 26.0 Å². The Morgan fingerprint density at radius 2 is 1.81 bits per heavy atom. The molecule has 0 bridgehead atoms. The maximum absolute atomic E-state index is 5.75. The summed E-state index contributed by atoms with van der Waals surface area (Å²) in [5.74, 6) is 0.899. The average Bonchev–Trinajstić information content (AvgIpc) is 2.43. The fourth-order valence-corrected chi connectivity index (χ4v) is 2.85. The average molecular weight is 217 g/mol. The van der Waals surface area contributed by atoms with E-state index in [0.717, 1.165) is 11.6 Å². The lowest BCUT2D eigenvalue weighted by Crippen LogP contribution is -2.20. The van der Waals surface area contributed by atoms with Crippen molar-refractivity contribution in [3.8, 4) is 0 Å². The molecule has 1 saturated carbocycles. The number of nitrogen functional groups attached to an aromatic ring is 1. The van der Waals surface area contributed by atoms with Gasteiger partial charge in [0.1, 0.15) is 0 Å². The van der Waals surface area contributed by atoms with Gasteiger partial charge in [-0.05, 0) is 48.3 Å². The summed E-state index contributed by atoms with van der Waals surface area (Å²) in [6, 6.07) is 8.50. The molecule has 0 heterocycles. The highest BCUT2D eigenvalue weighted by molar-refractivity contribution is 5.41. The van der Waals surface area contributed by atoms with Gasteiger partial charge in [0.15, 0.2) is 0 Å². The first kappa shape index (κ1) is 11.5. The Balaban J connectivity index is 2.20. The van der Waals surface area contributed by atoms with Gasteiger partial charge in [-0.15, -0.1) is 0 Å². The highest BCUT2D eigenvalue weighted by Crippen LogP contribution is 2.39. The van der Waals surface area contributed by atoms with E-state index >= 15 is 0 Å². The highest BCUT2D eigenvalue weighted by Gasteiger charge is 2.29. The number of hydrogen-bond acceptors (Lipinski definition) is 1. The third kappa shape index (κ3) is 2.40. The SMILES string of the molecule is CC1CCCC(C)(c2ccc(N)cc2)CC1. The van der Waals surface area contributed by atoms with Crippen molar-refractivity contribution in [3.05, 3.63) is 29.8 Å². The fourth-order valence-electron chi connectivity index (χ4n) is 2.85. The Morgan fingerprint density at radius 3 is 2.50 bits per heavy atom. The van der Waals surface area contributed by atoms with Crippen LogP contribution in [0, 0.1) is 5.92 Å². The molecule has 0 saturated heterocycles. The zero-order valence-electron chi connectivity index (χ0n) is 10.5. The topological polar surface area (TPSA) is 26.0 Å². The maximum Gasteiger partial charge on any atom is 0.0314 e. The number of anilines is 1. The van der Waals surface area contributed by atoms with Gasteiger partial charge >= 0.3 is 0 Å². The molecule has 0 amide bonds. The van der Waals surface area contributed by atoms with Gasteiger partial charge in [0.05, 0.1) is 0 Å². The Labute approximate surface area is 99.0 Å². The van der Waals surface area contributed by atoms with Gasteiger partial charge in [-0.2, -0.15) is 0 Å². The van der Waals surface area contributed by atoms with Crippen molar-refractivity contribution in [2.24, 2.45) is 5.92 Å². The van der Waals surface area contributed by atoms with Crippen LogP contribution < -0.4 is 5.73 Å². The lowest BCUT2D eigenvalue weighted by atomic mass is 9.76. The molecular weight excluding hydrogens is 194 g/mol. The Kier molecular flexibility index (Phi) is 3.22. The molecule has 88 valence electrons. The number of nitrogens with two attached hydrogens (primary N) is 1. The lowest BCUT2D eigenvalue weighted by Gasteiger charge is -2.29. The molecule has 1 aromatic carbocycles. The summed E-state index contributed by atoms with van der Waals surface area (Å²) in [6.07, 6.45) is 6.76. The van der Waals surface area contributed by atoms with E-state index in [1.807, 2.05) is 12.1 Å². The zero-order valence-corrected chi connectivity index (χ0v) is 10.5. The van der Waals surface area contributed by atoms with Crippen LogP contribution in [-0.4, -0.2) is 0 Å². The predicted molar refractivity (Wildman–Crippen MR) is 70.5 cm³/mol. The van der Waals surface area contributed by atoms with Crippen molar-refractivity contribution < 1.29 is 0 Å². The van der Waals surface area contributed by atoms with Gasteiger partial charge in [-0.1, -0.05) is 38.8 Å². The van der Waals surface area contributed by atoms with Gasteiger partial charge < -0.3 is 5.73 Å². The van der Waals surface area contributed by atoms with Crippen LogP contribution in [0.2, 0.25) is 0 Å². The van der Waals surface area contributed by atoms with Crippen molar-refractivity contribution in [2.75, 3.05) is 5.73 Å². The maximum atomic E-state index is 5.75. The van der Waals surface area contributed by atoms with E-state index in [1.165, 1.54) is 37.7 Å². The monoisotopic (exact) mass is 217 g/mol. The third-order valence-corrected chi connectivity index (χ3v) is 4.22. The largest absolute Gasteiger partial charge is 0.399 e. The van der Waals surface area contributed by atoms with Gasteiger partial charge in [0.25, 0.3) is 0 Å². The summed E-state index contributed by atoms with van der Waals surface area (Å²) >= 11 is 0. The molecule has 0 aliphatic heterocycles. The van der Waals surface area contributed by atoms with Crippen LogP contribution in [0.1, 0.15) is 51.5 Å². The Bertz CT molecular complexity index is 341. The second-order valence-electron chi connectivity index (χ2n) is 5.72. The van der Waals surface area contributed by atoms with E-state index < -0.39 is 0 Å². The number of hydrogen-bond donors (Lipinski definition) is 1. The standard InChI is InChI=1S/C15H23N/c1-12-4-3-10-15(2,11-9-12)13-5-7-14(16)8-6-13/h5-8,12H,3-4,9-11,16H2,1-2H3. The Morgan fingerprint density at radius 1 is 1.12 bits per heavy atom. The van der Waals surface area contributed by atoms with Crippen molar-refractivity contribution in [2.45, 2.75) is 51.4 Å². The Hall–Kier alpha value is -0.980. The molecule has 0 radical (unpaired) electrons. The quantitative estimate of drug-likeness (QED) is 0.555. The summed E-state index contributed by atoms with van der Waals surface area (Å²) in [5.41, 5.74) is 8.46. The van der Waals surface area contributed by atoms with Crippen molar-refractivity contribution in [3.63, 3.8) is 0 Å². The van der Waals surface area contributed by atoms with Gasteiger partial charge in [-0.25, -0.2) is 0 Å². The lowest BCUT2D eigenvalue weighted by molar-refractivity contribution is 0.400. The smallest absolute Gasteiger partial charge is 0.0314 e. The van der Waals surface area contributed by atoms with Crippen LogP contribution in [0.15, 0.2) is 24.3 Å². The molecule has 1 aromatic rings. The summed E-state index contributed by atoms with van der Waals surface area (Å²) in [4.78, 5) is 0. The van der Waals surface area contributed by atoms with E-state index in [9.17, 15) is 0 Å². The van der Waals surface area contributed by atoms with Crippen molar-refractivity contribution in [1.82, 2.24) is 0 Å². The zero-order chi connectivity index (χ0) is 11.6. The molecule has 0 aromatic heterocycles. The van der Waals surface area contributed by atoms with Crippen molar-refractivity contribution in [1.29, 1.82) is 0 Å². The van der Waals surface area contributed by atoms with E-state index in [0.29, 0.717) is 5.41 Å². The molecule has 2 rings (SSSR count). The summed E-state index contributed by atoms with van der Waals surface area (Å²) in [6.45, 7) is 4.80. The van der Waals surface area contributed by atoms with Crippen LogP contribution in [0.4, 0.5) is 5.69 Å². The summed E-state index contributed by atoms with van der Waals surface area (Å²) in [5, 5.41) is 0. The molecule has 1 nitrogen and oxygen atoms in total. The molecule has 16 heavy (non-hydrogen) atoms. The highest BCUT2D eigenvalue weighted by atomic mass is 14.5. The number of rotatable bonds is 1. The van der Waals surface area contributed by atoms with Crippen LogP contribution in [0.5, 0.6) is 0 Å². The first-order valence-electron chi connectivity index (χ1n) is 6.46. The van der Waals surface area contributed by atoms with Gasteiger partial charge in [0.2, 0.25) is 0 Å². The molecule has 2 atom stereocenters. The predicted octanol–water partition coefficient (Wildman–Crippen LogP) is 4.13. The normalized spacial score (nSPS) is 31.0. The van der Waals surface area contributed by atoms with Crippen LogP contribution in [0.3, 0.4) is 0 Å². The van der Waals surface area contributed by atoms with Gasteiger partial charge in [0, 0.05) is 5.69 Å². The molecule has 2 N–H and O–H groups in total. The van der Waals surface area contributed by atoms with E-state index in [1.54, 1.807) is 0 Å².